The molecule has 2 aliphatic rings. The van der Waals surface area contributed by atoms with Gasteiger partial charge in [0.05, 0.1) is 28.3 Å². The van der Waals surface area contributed by atoms with E-state index in [-0.39, 0.29) is 10.8 Å². The maximum Gasteiger partial charge on any atom is 0.260 e. The molecule has 39 heavy (non-hydrogen) atoms. The smallest absolute Gasteiger partial charge is 0.260 e. The molecule has 2 aliphatic heterocycles. The van der Waals surface area contributed by atoms with E-state index in [1.807, 2.05) is 24.5 Å². The predicted octanol–water partition coefficient (Wildman–Crippen LogP) is 4.66. The first-order chi connectivity index (χ1) is 18.8. The average Bonchev–Trinajstić information content (AvgIpc) is 3.37. The van der Waals surface area contributed by atoms with Crippen molar-refractivity contribution in [2.45, 2.75) is 30.1 Å². The molecule has 2 aromatic carbocycles. The highest BCUT2D eigenvalue weighted by Crippen LogP contribution is 2.35. The first kappa shape index (κ1) is 28.5. The number of ether oxygens (including phenoxy) is 1. The van der Waals surface area contributed by atoms with E-state index in [9.17, 15) is 13.2 Å². The van der Waals surface area contributed by atoms with Crippen molar-refractivity contribution in [2.75, 3.05) is 63.6 Å². The van der Waals surface area contributed by atoms with Crippen molar-refractivity contribution in [1.29, 1.82) is 0 Å². The summed E-state index contributed by atoms with van der Waals surface area (Å²) in [5.41, 5.74) is 1.35. The molecule has 2 atom stereocenters. The number of piperidine rings is 1. The maximum absolute atomic E-state index is 13.9. The van der Waals surface area contributed by atoms with Crippen LogP contribution in [0.2, 0.25) is 0 Å². The van der Waals surface area contributed by atoms with E-state index in [0.29, 0.717) is 61.9 Å². The largest absolute Gasteiger partial charge is 0.379 e. The van der Waals surface area contributed by atoms with Crippen LogP contribution in [-0.2, 0) is 14.8 Å². The van der Waals surface area contributed by atoms with Gasteiger partial charge in [-0.25, -0.2) is 13.4 Å². The van der Waals surface area contributed by atoms with Gasteiger partial charge in [-0.1, -0.05) is 31.3 Å². The molecule has 0 radical (unpaired) electrons. The van der Waals surface area contributed by atoms with Gasteiger partial charge in [0.25, 0.3) is 5.91 Å². The van der Waals surface area contributed by atoms with Crippen molar-refractivity contribution in [2.24, 2.45) is 11.8 Å². The summed E-state index contributed by atoms with van der Waals surface area (Å²) in [5.74, 6) is 0.465. The minimum absolute atomic E-state index is 0.183. The van der Waals surface area contributed by atoms with Crippen LogP contribution in [0.5, 0.6) is 0 Å². The zero-order valence-electron chi connectivity index (χ0n) is 22.7. The Morgan fingerprint density at radius 1 is 1.10 bits per heavy atom. The molecule has 5 rings (SSSR count). The Bertz CT molecular complexity index is 1390. The van der Waals surface area contributed by atoms with Gasteiger partial charge in [-0.05, 0) is 60.9 Å². The molecule has 0 aliphatic carbocycles. The van der Waals surface area contributed by atoms with E-state index in [4.69, 9.17) is 9.72 Å². The normalized spacial score (nSPS) is 21.3. The van der Waals surface area contributed by atoms with Crippen LogP contribution in [0.25, 0.3) is 10.2 Å². The summed E-state index contributed by atoms with van der Waals surface area (Å²) in [6, 6.07) is 12.5. The zero-order chi connectivity index (χ0) is 27.6. The fourth-order valence-corrected chi connectivity index (χ4v) is 8.74. The predicted molar refractivity (Wildman–Crippen MR) is 158 cm³/mol. The van der Waals surface area contributed by atoms with Gasteiger partial charge in [0.15, 0.2) is 5.13 Å². The van der Waals surface area contributed by atoms with Crippen molar-refractivity contribution in [3.8, 4) is 0 Å². The van der Waals surface area contributed by atoms with E-state index < -0.39 is 10.0 Å². The molecular formula is C28H36N4O4S3. The number of amides is 1. The van der Waals surface area contributed by atoms with Gasteiger partial charge in [0.2, 0.25) is 10.0 Å². The summed E-state index contributed by atoms with van der Waals surface area (Å²) < 4.78 is 34.8. The average molecular weight is 589 g/mol. The second-order valence-electron chi connectivity index (χ2n) is 10.5. The third-order valence-electron chi connectivity index (χ3n) is 7.38. The molecule has 8 nitrogen and oxygen atoms in total. The summed E-state index contributed by atoms with van der Waals surface area (Å²) in [6.45, 7) is 9.47. The van der Waals surface area contributed by atoms with E-state index in [2.05, 4.69) is 18.7 Å². The number of para-hydroxylation sites is 1. The highest BCUT2D eigenvalue weighted by atomic mass is 32.2. The number of hydrogen-bond acceptors (Lipinski definition) is 8. The minimum atomic E-state index is -3.62. The third-order valence-corrected chi connectivity index (χ3v) is 11.0. The van der Waals surface area contributed by atoms with Gasteiger partial charge in [0.1, 0.15) is 0 Å². The molecule has 2 saturated heterocycles. The highest BCUT2D eigenvalue weighted by molar-refractivity contribution is 7.98. The number of thiazole rings is 1. The van der Waals surface area contributed by atoms with Crippen LogP contribution in [0.4, 0.5) is 5.13 Å². The molecule has 0 N–H and O–H groups in total. The highest BCUT2D eigenvalue weighted by Gasteiger charge is 2.32. The van der Waals surface area contributed by atoms with Gasteiger partial charge >= 0.3 is 0 Å². The summed E-state index contributed by atoms with van der Waals surface area (Å²) >= 11 is 3.14. The monoisotopic (exact) mass is 588 g/mol. The van der Waals surface area contributed by atoms with Crippen molar-refractivity contribution >= 4 is 54.4 Å². The van der Waals surface area contributed by atoms with Crippen LogP contribution in [0.1, 0.15) is 30.6 Å². The lowest BCUT2D eigenvalue weighted by Gasteiger charge is -2.34. The van der Waals surface area contributed by atoms with Crippen molar-refractivity contribution in [1.82, 2.24) is 14.2 Å². The SMILES string of the molecule is CSc1cccc2sc(N(CCN3CCOCC3)C(=O)c3ccc(S(=O)(=O)N4CC(C)CC(C)C4)cc3)nc12. The number of fused-ring (bicyclic) bond motifs is 1. The van der Waals surface area contributed by atoms with Crippen molar-refractivity contribution in [3.05, 3.63) is 48.0 Å². The molecule has 11 heteroatoms. The number of aromatic nitrogens is 1. The lowest BCUT2D eigenvalue weighted by molar-refractivity contribution is 0.0391. The molecular weight excluding hydrogens is 553 g/mol. The van der Waals surface area contributed by atoms with Crippen LogP contribution in [0, 0.1) is 11.8 Å². The number of nitrogens with zero attached hydrogens (tertiary/aromatic N) is 4. The van der Waals surface area contributed by atoms with Crippen LogP contribution in [0.3, 0.4) is 0 Å². The van der Waals surface area contributed by atoms with Gasteiger partial charge < -0.3 is 4.74 Å². The van der Waals surface area contributed by atoms with Crippen LogP contribution < -0.4 is 4.90 Å². The van der Waals surface area contributed by atoms with Gasteiger partial charge in [-0.15, -0.1) is 11.8 Å². The molecule has 210 valence electrons. The molecule has 3 aromatic rings. The maximum atomic E-state index is 13.9. The molecule has 2 unspecified atom stereocenters. The Hall–Kier alpha value is -2.02. The molecule has 1 amide bonds. The van der Waals surface area contributed by atoms with Gasteiger partial charge in [-0.2, -0.15) is 4.31 Å². The lowest BCUT2D eigenvalue weighted by Crippen LogP contribution is -2.43. The van der Waals surface area contributed by atoms with Crippen molar-refractivity contribution in [3.63, 3.8) is 0 Å². The number of rotatable bonds is 8. The molecule has 1 aromatic heterocycles. The Morgan fingerprint density at radius 3 is 2.46 bits per heavy atom. The Labute approximate surface area is 239 Å². The minimum Gasteiger partial charge on any atom is -0.379 e. The fraction of sp³-hybridized carbons (Fsp3) is 0.500. The van der Waals surface area contributed by atoms with Crippen LogP contribution >= 0.6 is 23.1 Å². The lowest BCUT2D eigenvalue weighted by atomic mass is 9.94. The van der Waals surface area contributed by atoms with Crippen LogP contribution in [-0.4, -0.2) is 87.3 Å². The number of thioether (sulfide) groups is 1. The molecule has 0 bridgehead atoms. The zero-order valence-corrected chi connectivity index (χ0v) is 25.2. The van der Waals surface area contributed by atoms with E-state index >= 15 is 0 Å². The van der Waals surface area contributed by atoms with E-state index in [1.165, 1.54) is 11.3 Å². The topological polar surface area (TPSA) is 83.0 Å². The number of anilines is 1. The summed E-state index contributed by atoms with van der Waals surface area (Å²) in [5, 5.41) is 0.651. The van der Waals surface area contributed by atoms with Crippen molar-refractivity contribution < 1.29 is 17.9 Å². The number of benzene rings is 2. The van der Waals surface area contributed by atoms with Crippen LogP contribution in [0.15, 0.2) is 52.3 Å². The van der Waals surface area contributed by atoms with E-state index in [1.54, 1.807) is 45.2 Å². The summed E-state index contributed by atoms with van der Waals surface area (Å²) in [6.07, 6.45) is 3.06. The second kappa shape index (κ2) is 12.2. The first-order valence-corrected chi connectivity index (χ1v) is 16.9. The standard InChI is InChI=1S/C28H36N4O4S3/c1-20-17-21(2)19-31(18-20)39(34,35)23-9-7-22(8-10-23)27(33)32(12-11-30-13-15-36-16-14-30)28-29-26-24(37-3)5-4-6-25(26)38-28/h4-10,20-21H,11-19H2,1-3H3. The number of carbonyl (C=O) groups is 1. The number of carbonyl (C=O) groups excluding carboxylic acids is 1. The fourth-order valence-electron chi connectivity index (χ4n) is 5.42. The first-order valence-electron chi connectivity index (χ1n) is 13.4. The summed E-state index contributed by atoms with van der Waals surface area (Å²) in [4.78, 5) is 24.1. The van der Waals surface area contributed by atoms with E-state index in [0.717, 1.165) is 34.6 Å². The molecule has 3 heterocycles. The number of sulfonamides is 1. The third kappa shape index (κ3) is 6.34. The quantitative estimate of drug-likeness (QED) is 0.354. The Morgan fingerprint density at radius 2 is 1.79 bits per heavy atom. The second-order valence-corrected chi connectivity index (χ2v) is 14.3. The number of hydrogen-bond donors (Lipinski definition) is 0. The molecule has 2 fully saturated rings. The molecule has 0 spiro atoms. The summed E-state index contributed by atoms with van der Waals surface area (Å²) in [7, 11) is -3.62. The molecule has 0 saturated carbocycles. The van der Waals surface area contributed by atoms with Gasteiger partial charge in [-0.3, -0.25) is 14.6 Å². The Balaban J connectivity index is 1.41. The Kier molecular flexibility index (Phi) is 8.94. The van der Waals surface area contributed by atoms with Gasteiger partial charge in [0, 0.05) is 49.7 Å². The number of morpholine rings is 1.